The minimum atomic E-state index is -0.555. The first-order valence-electron chi connectivity index (χ1n) is 7.33. The topological polar surface area (TPSA) is 71.5 Å². The number of nitrogens with zero attached hydrogens (tertiary/aromatic N) is 1. The second-order valence-electron chi connectivity index (χ2n) is 7.52. The van der Waals surface area contributed by atoms with Crippen LogP contribution in [-0.4, -0.2) is 27.8 Å². The third-order valence-electron chi connectivity index (χ3n) is 3.14. The molecule has 2 N–H and O–H groups in total. The highest BCUT2D eigenvalue weighted by atomic mass is 127. The lowest BCUT2D eigenvalue weighted by molar-refractivity contribution is 0.0464. The van der Waals surface area contributed by atoms with Gasteiger partial charge in [0.2, 0.25) is 0 Å². The number of halogens is 2. The molecule has 0 bridgehead atoms. The van der Waals surface area contributed by atoms with Gasteiger partial charge in [-0.2, -0.15) is 0 Å². The summed E-state index contributed by atoms with van der Waals surface area (Å²) < 4.78 is 6.04. The minimum absolute atomic E-state index is 0.0630. The Bertz CT molecular complexity index is 580. The summed E-state index contributed by atoms with van der Waals surface area (Å²) in [5.41, 5.74) is 0.0690. The number of nitrogens with one attached hydrogen (secondary N) is 1. The van der Waals surface area contributed by atoms with Gasteiger partial charge in [0.15, 0.2) is 10.9 Å². The average molecular weight is 455 g/mol. The number of ether oxygens (including phenoxy) is 1. The molecule has 0 aliphatic rings. The molecule has 7 heteroatoms. The van der Waals surface area contributed by atoms with Crippen LogP contribution in [0.25, 0.3) is 0 Å². The van der Waals surface area contributed by atoms with Gasteiger partial charge < -0.3 is 15.2 Å². The lowest BCUT2D eigenvalue weighted by Crippen LogP contribution is -2.47. The first-order chi connectivity index (χ1) is 10.3. The van der Waals surface area contributed by atoms with E-state index in [-0.39, 0.29) is 22.4 Å². The minimum Gasteiger partial charge on any atom is -0.505 e. The maximum absolute atomic E-state index is 12.1. The van der Waals surface area contributed by atoms with Gasteiger partial charge in [-0.1, -0.05) is 32.4 Å². The maximum atomic E-state index is 12.1. The van der Waals surface area contributed by atoms with E-state index in [9.17, 15) is 9.90 Å². The van der Waals surface area contributed by atoms with E-state index in [0.717, 1.165) is 5.56 Å². The lowest BCUT2D eigenvalue weighted by Gasteiger charge is -2.32. The molecule has 0 saturated heterocycles. The monoisotopic (exact) mass is 454 g/mol. The number of amides is 1. The van der Waals surface area contributed by atoms with Crippen LogP contribution in [0.15, 0.2) is 6.07 Å². The zero-order valence-electron chi connectivity index (χ0n) is 14.3. The number of aromatic nitrogens is 1. The SMILES string of the molecule is CC(C)(C)OC(=O)NC(Cc1cc(O)c(Cl)nc1I)C(C)(C)C. The Hall–Kier alpha value is -0.760. The van der Waals surface area contributed by atoms with Crippen molar-refractivity contribution in [1.82, 2.24) is 10.3 Å². The Morgan fingerprint density at radius 3 is 2.43 bits per heavy atom. The van der Waals surface area contributed by atoms with Crippen LogP contribution in [0, 0.1) is 9.12 Å². The molecular formula is C16H24ClIN2O3. The normalized spacial score (nSPS) is 13.6. The van der Waals surface area contributed by atoms with Crippen LogP contribution in [0.1, 0.15) is 47.1 Å². The Morgan fingerprint density at radius 1 is 1.39 bits per heavy atom. The average Bonchev–Trinajstić information content (AvgIpc) is 2.31. The molecule has 0 radical (unpaired) electrons. The highest BCUT2D eigenvalue weighted by molar-refractivity contribution is 14.1. The van der Waals surface area contributed by atoms with E-state index in [1.807, 2.05) is 41.5 Å². The van der Waals surface area contributed by atoms with E-state index in [1.54, 1.807) is 6.07 Å². The molecule has 1 atom stereocenters. The Balaban J connectivity index is 2.97. The number of rotatable bonds is 3. The standard InChI is InChI=1S/C16H24ClIN2O3/c1-15(2,3)11(19-14(22)23-16(4,5)6)8-9-7-10(21)12(17)20-13(9)18/h7,11,21H,8H2,1-6H3,(H,19,22). The van der Waals surface area contributed by atoms with Gasteiger partial charge in [-0.3, -0.25) is 0 Å². The Morgan fingerprint density at radius 2 is 1.96 bits per heavy atom. The molecule has 0 aromatic carbocycles. The second kappa shape index (κ2) is 7.42. The van der Waals surface area contributed by atoms with Crippen molar-refractivity contribution in [3.8, 4) is 5.75 Å². The van der Waals surface area contributed by atoms with Crippen LogP contribution in [0.2, 0.25) is 5.15 Å². The van der Waals surface area contributed by atoms with Crippen LogP contribution in [0.4, 0.5) is 4.79 Å². The summed E-state index contributed by atoms with van der Waals surface area (Å²) in [7, 11) is 0. The zero-order chi connectivity index (χ0) is 18.0. The quantitative estimate of drug-likeness (QED) is 0.520. The van der Waals surface area contributed by atoms with E-state index in [1.165, 1.54) is 0 Å². The van der Waals surface area contributed by atoms with Gasteiger partial charge in [0, 0.05) is 6.04 Å². The molecule has 1 amide bonds. The number of carbonyl (C=O) groups is 1. The van der Waals surface area contributed by atoms with Crippen molar-refractivity contribution in [1.29, 1.82) is 0 Å². The molecule has 23 heavy (non-hydrogen) atoms. The third-order valence-corrected chi connectivity index (χ3v) is 4.36. The molecule has 130 valence electrons. The van der Waals surface area contributed by atoms with Gasteiger partial charge in [0.1, 0.15) is 9.30 Å². The predicted molar refractivity (Wildman–Crippen MR) is 99.9 cm³/mol. The molecular weight excluding hydrogens is 431 g/mol. The summed E-state index contributed by atoms with van der Waals surface area (Å²) >= 11 is 7.88. The third kappa shape index (κ3) is 6.71. The van der Waals surface area contributed by atoms with E-state index in [0.29, 0.717) is 10.1 Å². The largest absolute Gasteiger partial charge is 0.505 e. The van der Waals surface area contributed by atoms with Crippen molar-refractivity contribution in [2.75, 3.05) is 0 Å². The van der Waals surface area contributed by atoms with Gasteiger partial charge in [-0.25, -0.2) is 9.78 Å². The van der Waals surface area contributed by atoms with Crippen LogP contribution in [0.5, 0.6) is 5.75 Å². The summed E-state index contributed by atoms with van der Waals surface area (Å²) in [4.78, 5) is 16.2. The Kier molecular flexibility index (Phi) is 6.55. The number of hydrogen-bond acceptors (Lipinski definition) is 4. The summed E-state index contributed by atoms with van der Waals surface area (Å²) in [6.45, 7) is 11.6. The van der Waals surface area contributed by atoms with E-state index in [2.05, 4.69) is 32.9 Å². The number of carbonyl (C=O) groups excluding carboxylic acids is 1. The van der Waals surface area contributed by atoms with Crippen LogP contribution >= 0.6 is 34.2 Å². The summed E-state index contributed by atoms with van der Waals surface area (Å²) in [5.74, 6) is -0.0630. The molecule has 0 aliphatic heterocycles. The van der Waals surface area contributed by atoms with Crippen LogP contribution in [0.3, 0.4) is 0 Å². The van der Waals surface area contributed by atoms with Crippen molar-refractivity contribution in [2.45, 2.75) is 59.6 Å². The fourth-order valence-corrected chi connectivity index (χ4v) is 2.78. The Labute approximate surface area is 156 Å². The molecule has 1 unspecified atom stereocenters. The summed E-state index contributed by atoms with van der Waals surface area (Å²) in [6, 6.07) is 1.40. The van der Waals surface area contributed by atoms with Crippen LogP contribution < -0.4 is 5.32 Å². The van der Waals surface area contributed by atoms with Gasteiger partial charge in [-0.05, 0) is 66.8 Å². The van der Waals surface area contributed by atoms with Crippen molar-refractivity contribution in [2.24, 2.45) is 5.41 Å². The summed E-state index contributed by atoms with van der Waals surface area (Å²) in [5, 5.41) is 12.8. The van der Waals surface area contributed by atoms with Crippen molar-refractivity contribution in [3.05, 3.63) is 20.5 Å². The molecule has 0 saturated carbocycles. The smallest absolute Gasteiger partial charge is 0.407 e. The van der Waals surface area contributed by atoms with Crippen LogP contribution in [-0.2, 0) is 11.2 Å². The van der Waals surface area contributed by atoms with Crippen molar-refractivity contribution in [3.63, 3.8) is 0 Å². The molecule has 1 aromatic heterocycles. The van der Waals surface area contributed by atoms with E-state index in [4.69, 9.17) is 16.3 Å². The molecule has 5 nitrogen and oxygen atoms in total. The zero-order valence-corrected chi connectivity index (χ0v) is 17.2. The highest BCUT2D eigenvalue weighted by Crippen LogP contribution is 2.29. The fourth-order valence-electron chi connectivity index (χ4n) is 1.89. The first kappa shape index (κ1) is 20.3. The van der Waals surface area contributed by atoms with E-state index >= 15 is 0 Å². The molecule has 0 aliphatic carbocycles. The number of alkyl carbamates (subject to hydrolysis) is 1. The molecule has 1 aromatic rings. The van der Waals surface area contributed by atoms with Crippen molar-refractivity contribution < 1.29 is 14.6 Å². The number of pyridine rings is 1. The molecule has 0 spiro atoms. The van der Waals surface area contributed by atoms with Gasteiger partial charge in [0.25, 0.3) is 0 Å². The van der Waals surface area contributed by atoms with Gasteiger partial charge >= 0.3 is 6.09 Å². The van der Waals surface area contributed by atoms with E-state index < -0.39 is 11.7 Å². The molecule has 0 fully saturated rings. The van der Waals surface area contributed by atoms with Gasteiger partial charge in [-0.15, -0.1) is 0 Å². The predicted octanol–water partition coefficient (Wildman–Crippen LogP) is 4.53. The molecule has 1 heterocycles. The van der Waals surface area contributed by atoms with Crippen molar-refractivity contribution >= 4 is 40.3 Å². The fraction of sp³-hybridized carbons (Fsp3) is 0.625. The highest BCUT2D eigenvalue weighted by Gasteiger charge is 2.29. The number of aromatic hydroxyl groups is 1. The maximum Gasteiger partial charge on any atom is 0.407 e. The molecule has 1 rings (SSSR count). The number of hydrogen-bond donors (Lipinski definition) is 2. The lowest BCUT2D eigenvalue weighted by atomic mass is 9.83. The second-order valence-corrected chi connectivity index (χ2v) is 8.90. The first-order valence-corrected chi connectivity index (χ1v) is 8.78. The van der Waals surface area contributed by atoms with Gasteiger partial charge in [0.05, 0.1) is 0 Å². The summed E-state index contributed by atoms with van der Waals surface area (Å²) in [6.07, 6.45) is 0.0530.